The third kappa shape index (κ3) is 2.08. The number of hydrogen-bond donors (Lipinski definition) is 1. The molecular weight excluding hydrogens is 161 g/mol. The smallest absolute Gasteiger partial charge is 0.250 e. The lowest BCUT2D eigenvalue weighted by Crippen LogP contribution is -2.08. The third-order valence-electron chi connectivity index (χ3n) is 1.14. The van der Waals surface area contributed by atoms with E-state index < -0.39 is 5.82 Å². The maximum Gasteiger partial charge on any atom is 0.250 e. The molecule has 0 aliphatic heterocycles. The second-order valence-electron chi connectivity index (χ2n) is 2.65. The normalized spacial score (nSPS) is 10.3. The van der Waals surface area contributed by atoms with E-state index in [1.165, 1.54) is 0 Å². The summed E-state index contributed by atoms with van der Waals surface area (Å²) in [5.41, 5.74) is 0. The molecule has 12 heavy (non-hydrogen) atoms. The second kappa shape index (κ2) is 3.38. The van der Waals surface area contributed by atoms with Crippen LogP contribution in [0.15, 0.2) is 12.3 Å². The Kier molecular flexibility index (Phi) is 2.47. The molecule has 1 aromatic rings. The largest absolute Gasteiger partial charge is 0.506 e. The Morgan fingerprint density at radius 1 is 1.58 bits per heavy atom. The zero-order valence-corrected chi connectivity index (χ0v) is 6.91. The highest BCUT2D eigenvalue weighted by atomic mass is 19.1. The molecule has 0 atom stereocenters. The van der Waals surface area contributed by atoms with Crippen LogP contribution in [0.5, 0.6) is 11.6 Å². The molecule has 0 unspecified atom stereocenters. The summed E-state index contributed by atoms with van der Waals surface area (Å²) in [6, 6.07) is 0.963. The van der Waals surface area contributed by atoms with Gasteiger partial charge in [-0.05, 0) is 13.8 Å². The Hall–Kier alpha value is -1.32. The minimum atomic E-state index is -0.649. The van der Waals surface area contributed by atoms with E-state index >= 15 is 0 Å². The van der Waals surface area contributed by atoms with Crippen molar-refractivity contribution in [1.82, 2.24) is 4.98 Å². The molecule has 0 saturated carbocycles. The first-order valence-corrected chi connectivity index (χ1v) is 3.60. The lowest BCUT2D eigenvalue weighted by Gasteiger charge is -2.08. The molecule has 1 heterocycles. The SMILES string of the molecule is CC(C)Oc1ncc(O)cc1F. The fourth-order valence-electron chi connectivity index (χ4n) is 0.725. The first kappa shape index (κ1) is 8.77. The molecule has 66 valence electrons. The van der Waals surface area contributed by atoms with Gasteiger partial charge in [0.05, 0.1) is 12.3 Å². The topological polar surface area (TPSA) is 42.4 Å². The maximum atomic E-state index is 12.9. The molecule has 0 amide bonds. The minimum Gasteiger partial charge on any atom is -0.506 e. The third-order valence-corrected chi connectivity index (χ3v) is 1.14. The average Bonchev–Trinajstić information content (AvgIpc) is 1.94. The van der Waals surface area contributed by atoms with Crippen LogP contribution in [0.2, 0.25) is 0 Å². The van der Waals surface area contributed by atoms with E-state index in [0.717, 1.165) is 12.3 Å². The highest BCUT2D eigenvalue weighted by Gasteiger charge is 2.07. The fraction of sp³-hybridized carbons (Fsp3) is 0.375. The standard InChI is InChI=1S/C8H10FNO2/c1-5(2)12-8-7(9)3-6(11)4-10-8/h3-5,11H,1-2H3. The molecule has 0 aliphatic carbocycles. The molecular formula is C8H10FNO2. The van der Waals surface area contributed by atoms with Crippen molar-refractivity contribution in [3.63, 3.8) is 0 Å². The summed E-state index contributed by atoms with van der Waals surface area (Å²) >= 11 is 0. The highest BCUT2D eigenvalue weighted by molar-refractivity contribution is 5.23. The van der Waals surface area contributed by atoms with Crippen LogP contribution in [0.25, 0.3) is 0 Å². The number of ether oxygens (including phenoxy) is 1. The van der Waals surface area contributed by atoms with Gasteiger partial charge in [-0.1, -0.05) is 0 Å². The van der Waals surface area contributed by atoms with Crippen molar-refractivity contribution in [2.45, 2.75) is 20.0 Å². The van der Waals surface area contributed by atoms with Crippen molar-refractivity contribution in [2.75, 3.05) is 0 Å². The molecule has 0 aromatic carbocycles. The van der Waals surface area contributed by atoms with Crippen molar-refractivity contribution in [3.8, 4) is 11.6 Å². The van der Waals surface area contributed by atoms with Crippen LogP contribution in [-0.2, 0) is 0 Å². The van der Waals surface area contributed by atoms with Crippen molar-refractivity contribution >= 4 is 0 Å². The molecule has 0 aliphatic rings. The minimum absolute atomic E-state index is 0.0807. The summed E-state index contributed by atoms with van der Waals surface area (Å²) in [6.07, 6.45) is 1.01. The first-order chi connectivity index (χ1) is 5.59. The first-order valence-electron chi connectivity index (χ1n) is 3.60. The van der Waals surface area contributed by atoms with Gasteiger partial charge >= 0.3 is 0 Å². The molecule has 0 spiro atoms. The van der Waals surface area contributed by atoms with Crippen LogP contribution in [-0.4, -0.2) is 16.2 Å². The number of rotatable bonds is 2. The van der Waals surface area contributed by atoms with Gasteiger partial charge in [-0.15, -0.1) is 0 Å². The molecule has 1 aromatic heterocycles. The molecule has 1 N–H and O–H groups in total. The molecule has 4 heteroatoms. The second-order valence-corrected chi connectivity index (χ2v) is 2.65. The van der Waals surface area contributed by atoms with E-state index in [0.29, 0.717) is 0 Å². The highest BCUT2D eigenvalue weighted by Crippen LogP contribution is 2.18. The average molecular weight is 171 g/mol. The van der Waals surface area contributed by atoms with Crippen LogP contribution in [0.1, 0.15) is 13.8 Å². The molecule has 0 saturated heterocycles. The zero-order valence-electron chi connectivity index (χ0n) is 6.91. The number of halogens is 1. The van der Waals surface area contributed by atoms with Gasteiger partial charge in [0.15, 0.2) is 5.82 Å². The van der Waals surface area contributed by atoms with Gasteiger partial charge in [0.1, 0.15) is 5.75 Å². The summed E-state index contributed by atoms with van der Waals surface area (Å²) in [5.74, 6) is -0.935. The van der Waals surface area contributed by atoms with Gasteiger partial charge in [-0.3, -0.25) is 0 Å². The van der Waals surface area contributed by atoms with E-state index in [4.69, 9.17) is 9.84 Å². The van der Waals surface area contributed by atoms with Gasteiger partial charge in [0.25, 0.3) is 5.88 Å². The predicted octanol–water partition coefficient (Wildman–Crippen LogP) is 1.71. The number of aromatic nitrogens is 1. The van der Waals surface area contributed by atoms with Crippen molar-refractivity contribution in [3.05, 3.63) is 18.1 Å². The maximum absolute atomic E-state index is 12.9. The predicted molar refractivity (Wildman–Crippen MR) is 41.6 cm³/mol. The summed E-state index contributed by atoms with van der Waals surface area (Å²) in [6.45, 7) is 3.54. The van der Waals surface area contributed by atoms with Crippen LogP contribution in [0, 0.1) is 5.82 Å². The summed E-state index contributed by atoms with van der Waals surface area (Å²) in [4.78, 5) is 3.57. The molecule has 3 nitrogen and oxygen atoms in total. The lowest BCUT2D eigenvalue weighted by atomic mass is 10.4. The summed E-state index contributed by atoms with van der Waals surface area (Å²) < 4.78 is 17.9. The zero-order chi connectivity index (χ0) is 9.14. The monoisotopic (exact) mass is 171 g/mol. The van der Waals surface area contributed by atoms with Gasteiger partial charge in [0.2, 0.25) is 0 Å². The number of pyridine rings is 1. The Balaban J connectivity index is 2.86. The van der Waals surface area contributed by atoms with Crippen molar-refractivity contribution in [1.29, 1.82) is 0 Å². The molecule has 0 bridgehead atoms. The Morgan fingerprint density at radius 2 is 2.25 bits per heavy atom. The van der Waals surface area contributed by atoms with Crippen molar-refractivity contribution < 1.29 is 14.2 Å². The van der Waals surface area contributed by atoms with E-state index in [2.05, 4.69) is 4.98 Å². The number of aromatic hydroxyl groups is 1. The Labute approximate surface area is 69.8 Å². The lowest BCUT2D eigenvalue weighted by molar-refractivity contribution is 0.220. The van der Waals surface area contributed by atoms with Gasteiger partial charge in [-0.2, -0.15) is 0 Å². The van der Waals surface area contributed by atoms with Crippen LogP contribution < -0.4 is 4.74 Å². The van der Waals surface area contributed by atoms with Crippen LogP contribution >= 0.6 is 0 Å². The van der Waals surface area contributed by atoms with E-state index in [1.54, 1.807) is 13.8 Å². The van der Waals surface area contributed by atoms with Crippen LogP contribution in [0.3, 0.4) is 0 Å². The van der Waals surface area contributed by atoms with Gasteiger partial charge in [-0.25, -0.2) is 9.37 Å². The molecule has 1 rings (SSSR count). The van der Waals surface area contributed by atoms with E-state index in [-0.39, 0.29) is 17.7 Å². The Morgan fingerprint density at radius 3 is 2.75 bits per heavy atom. The summed E-state index contributed by atoms with van der Waals surface area (Å²) in [7, 11) is 0. The van der Waals surface area contributed by atoms with E-state index in [1.807, 2.05) is 0 Å². The van der Waals surface area contributed by atoms with Gasteiger partial charge < -0.3 is 9.84 Å². The quantitative estimate of drug-likeness (QED) is 0.736. The molecule has 0 fully saturated rings. The fourth-order valence-corrected chi connectivity index (χ4v) is 0.725. The summed E-state index contributed by atoms with van der Waals surface area (Å²) in [5, 5.41) is 8.81. The number of nitrogens with zero attached hydrogens (tertiary/aromatic N) is 1. The Bertz CT molecular complexity index is 276. The van der Waals surface area contributed by atoms with Crippen molar-refractivity contribution in [2.24, 2.45) is 0 Å². The van der Waals surface area contributed by atoms with Crippen LogP contribution in [0.4, 0.5) is 4.39 Å². The van der Waals surface area contributed by atoms with E-state index in [9.17, 15) is 4.39 Å². The van der Waals surface area contributed by atoms with Gasteiger partial charge in [0, 0.05) is 6.07 Å². The number of hydrogen-bond acceptors (Lipinski definition) is 3. The molecule has 0 radical (unpaired) electrons.